The van der Waals surface area contributed by atoms with E-state index in [-0.39, 0.29) is 11.9 Å². The molecule has 2 N–H and O–H groups in total. The van der Waals surface area contributed by atoms with Gasteiger partial charge in [0, 0.05) is 31.4 Å². The molecule has 1 unspecified atom stereocenters. The van der Waals surface area contributed by atoms with Crippen LogP contribution in [0.3, 0.4) is 0 Å². The molecule has 1 amide bonds. The van der Waals surface area contributed by atoms with Crippen molar-refractivity contribution >= 4 is 11.6 Å². The first kappa shape index (κ1) is 14.4. The molecule has 0 spiro atoms. The van der Waals surface area contributed by atoms with Crippen LogP contribution in [0.5, 0.6) is 0 Å². The summed E-state index contributed by atoms with van der Waals surface area (Å²) in [6.07, 6.45) is 3.16. The minimum Gasteiger partial charge on any atom is -0.360 e. The first-order chi connectivity index (χ1) is 10.1. The average Bonchev–Trinajstić information content (AvgIpc) is 2.47. The Morgan fingerprint density at radius 1 is 1.29 bits per heavy atom. The minimum atomic E-state index is 0.120. The summed E-state index contributed by atoms with van der Waals surface area (Å²) in [5, 5.41) is 0. The summed E-state index contributed by atoms with van der Waals surface area (Å²) in [5.74, 6) is 0.990. The van der Waals surface area contributed by atoms with E-state index in [0.29, 0.717) is 6.54 Å². The molecule has 21 heavy (non-hydrogen) atoms. The van der Waals surface area contributed by atoms with E-state index in [9.17, 15) is 4.79 Å². The molecule has 1 fully saturated rings. The summed E-state index contributed by atoms with van der Waals surface area (Å²) >= 11 is 0. The Labute approximate surface area is 126 Å². The molecule has 0 saturated carbocycles. The molecular formula is C17H25N3O. The quantitative estimate of drug-likeness (QED) is 0.899. The van der Waals surface area contributed by atoms with E-state index in [2.05, 4.69) is 24.0 Å². The molecule has 1 aromatic carbocycles. The molecule has 3 rings (SSSR count). The van der Waals surface area contributed by atoms with Gasteiger partial charge < -0.3 is 15.5 Å². The van der Waals surface area contributed by atoms with E-state index in [0.717, 1.165) is 44.8 Å². The number of fused-ring (bicyclic) bond motifs is 1. The number of hydrogen-bond acceptors (Lipinski definition) is 3. The highest BCUT2D eigenvalue weighted by Crippen LogP contribution is 2.26. The Morgan fingerprint density at radius 2 is 2.00 bits per heavy atom. The maximum Gasteiger partial charge on any atom is 0.242 e. The summed E-state index contributed by atoms with van der Waals surface area (Å²) in [6.45, 7) is 5.30. The highest BCUT2D eigenvalue weighted by Gasteiger charge is 2.26. The lowest BCUT2D eigenvalue weighted by atomic mass is 9.97. The van der Waals surface area contributed by atoms with Crippen molar-refractivity contribution in [3.05, 3.63) is 29.8 Å². The highest BCUT2D eigenvalue weighted by molar-refractivity contribution is 5.82. The molecule has 2 aliphatic rings. The van der Waals surface area contributed by atoms with Gasteiger partial charge in [0.25, 0.3) is 0 Å². The molecule has 4 nitrogen and oxygen atoms in total. The maximum atomic E-state index is 12.5. The SMILES string of the molecule is CC1CCN(C(=O)CN2CC(N)Cc3ccccc32)CC1. The molecule has 1 aromatic rings. The second-order valence-corrected chi connectivity index (χ2v) is 6.54. The van der Waals surface area contributed by atoms with Crippen LogP contribution in [-0.4, -0.2) is 43.0 Å². The van der Waals surface area contributed by atoms with Crippen LogP contribution in [-0.2, 0) is 11.2 Å². The normalized spacial score (nSPS) is 23.0. The zero-order chi connectivity index (χ0) is 14.8. The number of rotatable bonds is 2. The molecule has 0 bridgehead atoms. The van der Waals surface area contributed by atoms with Crippen LogP contribution in [0.4, 0.5) is 5.69 Å². The number of hydrogen-bond donors (Lipinski definition) is 1. The summed E-state index contributed by atoms with van der Waals surface area (Å²) < 4.78 is 0. The summed E-state index contributed by atoms with van der Waals surface area (Å²) in [5.41, 5.74) is 8.58. The number of benzene rings is 1. The number of anilines is 1. The van der Waals surface area contributed by atoms with E-state index in [4.69, 9.17) is 5.73 Å². The fourth-order valence-corrected chi connectivity index (χ4v) is 3.39. The smallest absolute Gasteiger partial charge is 0.242 e. The zero-order valence-electron chi connectivity index (χ0n) is 12.8. The van der Waals surface area contributed by atoms with Gasteiger partial charge in [0.15, 0.2) is 0 Å². The first-order valence-electron chi connectivity index (χ1n) is 7.99. The lowest BCUT2D eigenvalue weighted by Crippen LogP contribution is -2.49. The maximum absolute atomic E-state index is 12.5. The standard InChI is InChI=1S/C17H25N3O/c1-13-6-8-19(9-7-13)17(21)12-20-11-15(18)10-14-4-2-3-5-16(14)20/h2-5,13,15H,6-12,18H2,1H3. The van der Waals surface area contributed by atoms with Gasteiger partial charge >= 0.3 is 0 Å². The lowest BCUT2D eigenvalue weighted by Gasteiger charge is -2.37. The average molecular weight is 287 g/mol. The van der Waals surface area contributed by atoms with Crippen molar-refractivity contribution < 1.29 is 4.79 Å². The fourth-order valence-electron chi connectivity index (χ4n) is 3.39. The van der Waals surface area contributed by atoms with Crippen LogP contribution in [0.25, 0.3) is 0 Å². The van der Waals surface area contributed by atoms with Crippen molar-refractivity contribution in [2.24, 2.45) is 11.7 Å². The second-order valence-electron chi connectivity index (χ2n) is 6.54. The van der Waals surface area contributed by atoms with Gasteiger partial charge in [0.1, 0.15) is 0 Å². The predicted octanol–water partition coefficient (Wildman–Crippen LogP) is 1.63. The van der Waals surface area contributed by atoms with Crippen molar-refractivity contribution in [2.45, 2.75) is 32.2 Å². The van der Waals surface area contributed by atoms with Crippen molar-refractivity contribution in [1.29, 1.82) is 0 Å². The van der Waals surface area contributed by atoms with Gasteiger partial charge in [0.05, 0.1) is 6.54 Å². The molecule has 2 heterocycles. The fraction of sp³-hybridized carbons (Fsp3) is 0.588. The first-order valence-corrected chi connectivity index (χ1v) is 7.99. The van der Waals surface area contributed by atoms with Gasteiger partial charge in [-0.1, -0.05) is 25.1 Å². The predicted molar refractivity (Wildman–Crippen MR) is 85.3 cm³/mol. The molecular weight excluding hydrogens is 262 g/mol. The Balaban J connectivity index is 1.68. The van der Waals surface area contributed by atoms with E-state index in [1.54, 1.807) is 0 Å². The Hall–Kier alpha value is -1.55. The van der Waals surface area contributed by atoms with Crippen molar-refractivity contribution in [3.8, 4) is 0 Å². The summed E-state index contributed by atoms with van der Waals surface area (Å²) in [6, 6.07) is 8.42. The largest absolute Gasteiger partial charge is 0.360 e. The van der Waals surface area contributed by atoms with Gasteiger partial charge in [-0.05, 0) is 36.8 Å². The lowest BCUT2D eigenvalue weighted by molar-refractivity contribution is -0.131. The molecule has 114 valence electrons. The summed E-state index contributed by atoms with van der Waals surface area (Å²) in [4.78, 5) is 16.7. The van der Waals surface area contributed by atoms with Crippen molar-refractivity contribution in [2.75, 3.05) is 31.1 Å². The second kappa shape index (κ2) is 6.06. The zero-order valence-corrected chi connectivity index (χ0v) is 12.8. The van der Waals surface area contributed by atoms with Crippen LogP contribution < -0.4 is 10.6 Å². The minimum absolute atomic E-state index is 0.120. The van der Waals surface area contributed by atoms with E-state index in [1.807, 2.05) is 17.0 Å². The number of likely N-dealkylation sites (tertiary alicyclic amines) is 1. The van der Waals surface area contributed by atoms with Crippen LogP contribution in [0.2, 0.25) is 0 Å². The highest BCUT2D eigenvalue weighted by atomic mass is 16.2. The summed E-state index contributed by atoms with van der Waals surface area (Å²) in [7, 11) is 0. The number of nitrogens with zero attached hydrogens (tertiary/aromatic N) is 2. The van der Waals surface area contributed by atoms with Crippen LogP contribution in [0.15, 0.2) is 24.3 Å². The number of nitrogens with two attached hydrogens (primary N) is 1. The molecule has 2 aliphatic heterocycles. The topological polar surface area (TPSA) is 49.6 Å². The molecule has 0 radical (unpaired) electrons. The van der Waals surface area contributed by atoms with E-state index < -0.39 is 0 Å². The van der Waals surface area contributed by atoms with E-state index >= 15 is 0 Å². The molecule has 0 aromatic heterocycles. The number of piperidine rings is 1. The van der Waals surface area contributed by atoms with Crippen LogP contribution in [0.1, 0.15) is 25.3 Å². The van der Waals surface area contributed by atoms with Gasteiger partial charge in [-0.25, -0.2) is 0 Å². The Morgan fingerprint density at radius 3 is 2.76 bits per heavy atom. The number of amides is 1. The Kier molecular flexibility index (Phi) is 4.15. The van der Waals surface area contributed by atoms with Gasteiger partial charge in [-0.3, -0.25) is 4.79 Å². The van der Waals surface area contributed by atoms with Gasteiger partial charge in [0.2, 0.25) is 5.91 Å². The van der Waals surface area contributed by atoms with Gasteiger partial charge in [-0.15, -0.1) is 0 Å². The van der Waals surface area contributed by atoms with Crippen LogP contribution in [0, 0.1) is 5.92 Å². The third kappa shape index (κ3) is 3.21. The number of para-hydroxylation sites is 1. The third-order valence-electron chi connectivity index (χ3n) is 4.73. The van der Waals surface area contributed by atoms with Crippen molar-refractivity contribution in [1.82, 2.24) is 4.90 Å². The molecule has 0 aliphatic carbocycles. The van der Waals surface area contributed by atoms with E-state index in [1.165, 1.54) is 11.3 Å². The molecule has 1 saturated heterocycles. The van der Waals surface area contributed by atoms with Gasteiger partial charge in [-0.2, -0.15) is 0 Å². The third-order valence-corrected chi connectivity index (χ3v) is 4.73. The Bertz CT molecular complexity index is 509. The molecule has 4 heteroatoms. The molecule has 1 atom stereocenters. The van der Waals surface area contributed by atoms with Crippen LogP contribution >= 0.6 is 0 Å². The number of carbonyl (C=O) groups excluding carboxylic acids is 1. The monoisotopic (exact) mass is 287 g/mol. The number of carbonyl (C=O) groups is 1. The van der Waals surface area contributed by atoms with Crippen molar-refractivity contribution in [3.63, 3.8) is 0 Å².